The number of rotatable bonds is 4. The monoisotopic (exact) mass is 222 g/mol. The van der Waals surface area contributed by atoms with E-state index in [0.717, 1.165) is 19.4 Å². The van der Waals surface area contributed by atoms with E-state index in [0.29, 0.717) is 12.6 Å². The van der Waals surface area contributed by atoms with Gasteiger partial charge >= 0.3 is 0 Å². The van der Waals surface area contributed by atoms with Crippen LogP contribution in [0.5, 0.6) is 5.88 Å². The second-order valence-corrected chi connectivity index (χ2v) is 3.68. The Morgan fingerprint density at radius 1 is 1.56 bits per heavy atom. The molecule has 2 rings (SSSR count). The Balaban J connectivity index is 2.00. The average molecular weight is 222 g/mol. The number of nitrogens with zero attached hydrogens (tertiary/aromatic N) is 2. The van der Waals surface area contributed by atoms with Crippen molar-refractivity contribution in [2.45, 2.75) is 18.9 Å². The molecule has 16 heavy (non-hydrogen) atoms. The number of carbonyl (C=O) groups is 1. The number of hydrogen-bond donors (Lipinski definition) is 2. The van der Waals surface area contributed by atoms with Gasteiger partial charge in [0.15, 0.2) is 5.69 Å². The molecule has 1 unspecified atom stereocenters. The predicted octanol–water partition coefficient (Wildman–Crippen LogP) is -0.294. The molecule has 86 valence electrons. The summed E-state index contributed by atoms with van der Waals surface area (Å²) in [7, 11) is 0. The zero-order valence-corrected chi connectivity index (χ0v) is 8.85. The molecule has 0 aliphatic carbocycles. The molecule has 0 saturated carbocycles. The van der Waals surface area contributed by atoms with Gasteiger partial charge in [0.2, 0.25) is 5.88 Å². The molecule has 3 N–H and O–H groups in total. The van der Waals surface area contributed by atoms with E-state index in [1.165, 1.54) is 12.4 Å². The maximum Gasteiger partial charge on any atom is 0.272 e. The topological polar surface area (TPSA) is 90.1 Å². The Labute approximate surface area is 93.2 Å². The summed E-state index contributed by atoms with van der Waals surface area (Å²) in [5.74, 6) is -0.411. The number of primary amides is 1. The predicted molar refractivity (Wildman–Crippen MR) is 57.1 cm³/mol. The maximum absolute atomic E-state index is 11.0. The van der Waals surface area contributed by atoms with E-state index in [1.807, 2.05) is 0 Å². The smallest absolute Gasteiger partial charge is 0.272 e. The van der Waals surface area contributed by atoms with Crippen LogP contribution in [-0.2, 0) is 0 Å². The molecular weight excluding hydrogens is 208 g/mol. The van der Waals surface area contributed by atoms with Gasteiger partial charge in [-0.25, -0.2) is 9.97 Å². The highest BCUT2D eigenvalue weighted by Gasteiger charge is 2.17. The summed E-state index contributed by atoms with van der Waals surface area (Å²) in [6.07, 6.45) is 5.12. The van der Waals surface area contributed by atoms with Crippen molar-refractivity contribution < 1.29 is 9.53 Å². The number of ether oxygens (including phenoxy) is 1. The minimum Gasteiger partial charge on any atom is -0.474 e. The summed E-state index contributed by atoms with van der Waals surface area (Å²) in [5.41, 5.74) is 5.25. The molecule has 2 heterocycles. The molecule has 1 aromatic heterocycles. The van der Waals surface area contributed by atoms with E-state index in [2.05, 4.69) is 15.3 Å². The molecule has 0 aromatic carbocycles. The van der Waals surface area contributed by atoms with Gasteiger partial charge in [0, 0.05) is 18.4 Å². The number of carbonyl (C=O) groups excluding carboxylic acids is 1. The molecule has 6 heteroatoms. The van der Waals surface area contributed by atoms with Gasteiger partial charge in [-0.3, -0.25) is 4.79 Å². The third-order valence-electron chi connectivity index (χ3n) is 2.48. The SMILES string of the molecule is NC(=O)c1nccnc1OCC1CCCN1. The molecule has 0 bridgehead atoms. The van der Waals surface area contributed by atoms with Crippen LogP contribution in [0.1, 0.15) is 23.3 Å². The molecule has 0 radical (unpaired) electrons. The van der Waals surface area contributed by atoms with Crippen LogP contribution in [0.2, 0.25) is 0 Å². The van der Waals surface area contributed by atoms with Crippen LogP contribution in [0.3, 0.4) is 0 Å². The highest BCUT2D eigenvalue weighted by Crippen LogP contribution is 2.12. The summed E-state index contributed by atoms with van der Waals surface area (Å²) >= 11 is 0. The van der Waals surface area contributed by atoms with Crippen LogP contribution in [0.4, 0.5) is 0 Å². The lowest BCUT2D eigenvalue weighted by Crippen LogP contribution is -2.29. The Bertz CT molecular complexity index is 377. The van der Waals surface area contributed by atoms with Gasteiger partial charge in [0.05, 0.1) is 0 Å². The first-order chi connectivity index (χ1) is 7.77. The van der Waals surface area contributed by atoms with Gasteiger partial charge in [-0.2, -0.15) is 0 Å². The zero-order chi connectivity index (χ0) is 11.4. The number of hydrogen-bond acceptors (Lipinski definition) is 5. The maximum atomic E-state index is 11.0. The van der Waals surface area contributed by atoms with Crippen molar-refractivity contribution in [3.63, 3.8) is 0 Å². The normalized spacial score (nSPS) is 19.6. The van der Waals surface area contributed by atoms with E-state index in [9.17, 15) is 4.79 Å². The minimum atomic E-state index is -0.623. The molecule has 1 atom stereocenters. The third kappa shape index (κ3) is 2.46. The lowest BCUT2D eigenvalue weighted by molar-refractivity contribution is 0.0989. The van der Waals surface area contributed by atoms with Gasteiger partial charge < -0.3 is 15.8 Å². The van der Waals surface area contributed by atoms with Crippen LogP contribution in [0.25, 0.3) is 0 Å². The lowest BCUT2D eigenvalue weighted by Gasteiger charge is -2.12. The van der Waals surface area contributed by atoms with Crippen LogP contribution in [0.15, 0.2) is 12.4 Å². The van der Waals surface area contributed by atoms with E-state index in [4.69, 9.17) is 10.5 Å². The highest BCUT2D eigenvalue weighted by molar-refractivity contribution is 5.92. The fraction of sp³-hybridized carbons (Fsp3) is 0.500. The Kier molecular flexibility index (Phi) is 3.31. The molecule has 6 nitrogen and oxygen atoms in total. The molecule has 1 aliphatic rings. The quantitative estimate of drug-likeness (QED) is 0.730. The van der Waals surface area contributed by atoms with Crippen molar-refractivity contribution in [1.82, 2.24) is 15.3 Å². The van der Waals surface area contributed by atoms with Gasteiger partial charge in [0.25, 0.3) is 5.91 Å². The van der Waals surface area contributed by atoms with Crippen LogP contribution < -0.4 is 15.8 Å². The first-order valence-electron chi connectivity index (χ1n) is 5.24. The van der Waals surface area contributed by atoms with E-state index >= 15 is 0 Å². The highest BCUT2D eigenvalue weighted by atomic mass is 16.5. The molecule has 1 fully saturated rings. The van der Waals surface area contributed by atoms with Crippen molar-refractivity contribution in [2.75, 3.05) is 13.2 Å². The number of nitrogens with one attached hydrogen (secondary N) is 1. The second kappa shape index (κ2) is 4.89. The van der Waals surface area contributed by atoms with Gasteiger partial charge in [-0.1, -0.05) is 0 Å². The molecule has 1 saturated heterocycles. The lowest BCUT2D eigenvalue weighted by atomic mass is 10.2. The largest absolute Gasteiger partial charge is 0.474 e. The Hall–Kier alpha value is -1.69. The summed E-state index contributed by atoms with van der Waals surface area (Å²) < 4.78 is 5.45. The van der Waals surface area contributed by atoms with Crippen molar-refractivity contribution in [2.24, 2.45) is 5.73 Å². The van der Waals surface area contributed by atoms with E-state index in [1.54, 1.807) is 0 Å². The summed E-state index contributed by atoms with van der Waals surface area (Å²) in [6.45, 7) is 1.50. The first kappa shape index (κ1) is 10.8. The van der Waals surface area contributed by atoms with E-state index < -0.39 is 5.91 Å². The molecule has 1 aromatic rings. The Morgan fingerprint density at radius 3 is 3.06 bits per heavy atom. The summed E-state index contributed by atoms with van der Waals surface area (Å²) in [5, 5.41) is 3.29. The number of nitrogens with two attached hydrogens (primary N) is 1. The van der Waals surface area contributed by atoms with Crippen molar-refractivity contribution in [1.29, 1.82) is 0 Å². The standard InChI is InChI=1S/C10H14N4O2/c11-9(15)8-10(14-5-4-13-8)16-6-7-2-1-3-12-7/h4-5,7,12H,1-3,6H2,(H2,11,15). The molecular formula is C10H14N4O2. The van der Waals surface area contributed by atoms with Crippen LogP contribution in [0, 0.1) is 0 Å². The van der Waals surface area contributed by atoms with Crippen LogP contribution >= 0.6 is 0 Å². The van der Waals surface area contributed by atoms with Crippen LogP contribution in [-0.4, -0.2) is 35.1 Å². The zero-order valence-electron chi connectivity index (χ0n) is 8.85. The summed E-state index contributed by atoms with van der Waals surface area (Å²) in [6, 6.07) is 0.322. The second-order valence-electron chi connectivity index (χ2n) is 3.68. The number of amides is 1. The molecule has 1 amide bonds. The summed E-state index contributed by atoms with van der Waals surface area (Å²) in [4.78, 5) is 18.8. The van der Waals surface area contributed by atoms with Gasteiger partial charge in [0.1, 0.15) is 6.61 Å². The number of aromatic nitrogens is 2. The average Bonchev–Trinajstić information content (AvgIpc) is 2.79. The van der Waals surface area contributed by atoms with Crippen molar-refractivity contribution in [3.05, 3.63) is 18.1 Å². The molecule has 0 spiro atoms. The molecule has 1 aliphatic heterocycles. The van der Waals surface area contributed by atoms with Crippen molar-refractivity contribution in [3.8, 4) is 5.88 Å². The Morgan fingerprint density at radius 2 is 2.38 bits per heavy atom. The fourth-order valence-corrected chi connectivity index (χ4v) is 1.68. The first-order valence-corrected chi connectivity index (χ1v) is 5.24. The third-order valence-corrected chi connectivity index (χ3v) is 2.48. The van der Waals surface area contributed by atoms with E-state index in [-0.39, 0.29) is 11.6 Å². The fourth-order valence-electron chi connectivity index (χ4n) is 1.68. The van der Waals surface area contributed by atoms with Crippen molar-refractivity contribution >= 4 is 5.91 Å². The van der Waals surface area contributed by atoms with Gasteiger partial charge in [-0.15, -0.1) is 0 Å². The van der Waals surface area contributed by atoms with Gasteiger partial charge in [-0.05, 0) is 19.4 Å². The minimum absolute atomic E-state index is 0.0838.